The zero-order valence-corrected chi connectivity index (χ0v) is 15.0. The van der Waals surface area contributed by atoms with Gasteiger partial charge in [0.15, 0.2) is 0 Å². The molecule has 3 N–H and O–H groups in total. The lowest BCUT2D eigenvalue weighted by atomic mass is 10.1. The Morgan fingerprint density at radius 1 is 0.900 bits per heavy atom. The van der Waals surface area contributed by atoms with Crippen LogP contribution >= 0.6 is 0 Å². The molecule has 0 fully saturated rings. The van der Waals surface area contributed by atoms with E-state index in [1.165, 1.54) is 36.4 Å². The molecule has 0 unspecified atom stereocenters. The van der Waals surface area contributed by atoms with Crippen molar-refractivity contribution in [1.29, 1.82) is 0 Å². The van der Waals surface area contributed by atoms with Crippen LogP contribution < -0.4 is 21.3 Å². The minimum absolute atomic E-state index is 0.0121. The quantitative estimate of drug-likeness (QED) is 0.640. The number of hydrogen-bond donors (Lipinski definition) is 2. The molecule has 10 heteroatoms. The molecule has 1 aromatic heterocycles. The van der Waals surface area contributed by atoms with Crippen LogP contribution in [0.2, 0.25) is 0 Å². The van der Waals surface area contributed by atoms with E-state index in [4.69, 9.17) is 10.5 Å². The molecule has 1 aliphatic rings. The summed E-state index contributed by atoms with van der Waals surface area (Å²) < 4.78 is 45.0. The maximum atomic E-state index is 12.8. The van der Waals surface area contributed by atoms with E-state index in [0.29, 0.717) is 0 Å². The standard InChI is InChI=1S/C20H12F3N3O4/c21-20(22,23)10-2-1-3-13(8-10)30-12-6-4-11(5-7-12)26-15(27)9-14-16(17(26)24)19(29)25-18(14)28/h1-9H,24H2,(H,25,28,29). The van der Waals surface area contributed by atoms with Crippen molar-refractivity contribution >= 4 is 17.6 Å². The first-order valence-corrected chi connectivity index (χ1v) is 8.52. The van der Waals surface area contributed by atoms with Crippen molar-refractivity contribution in [2.75, 3.05) is 5.73 Å². The molecule has 152 valence electrons. The van der Waals surface area contributed by atoms with Crippen molar-refractivity contribution in [3.05, 3.63) is 81.6 Å². The Labute approximate surface area is 166 Å². The molecule has 30 heavy (non-hydrogen) atoms. The zero-order valence-electron chi connectivity index (χ0n) is 15.0. The summed E-state index contributed by atoms with van der Waals surface area (Å²) in [6.45, 7) is 0. The summed E-state index contributed by atoms with van der Waals surface area (Å²) in [5.74, 6) is -1.39. The lowest BCUT2D eigenvalue weighted by Gasteiger charge is -2.13. The molecule has 0 radical (unpaired) electrons. The van der Waals surface area contributed by atoms with Crippen molar-refractivity contribution in [2.24, 2.45) is 0 Å². The zero-order chi connectivity index (χ0) is 21.6. The molecule has 2 amide bonds. The molecule has 0 spiro atoms. The highest BCUT2D eigenvalue weighted by atomic mass is 19.4. The van der Waals surface area contributed by atoms with Crippen LogP contribution in [-0.2, 0) is 6.18 Å². The molecular formula is C20H12F3N3O4. The van der Waals surface area contributed by atoms with Crippen molar-refractivity contribution in [3.63, 3.8) is 0 Å². The highest BCUT2D eigenvalue weighted by molar-refractivity contribution is 6.23. The maximum Gasteiger partial charge on any atom is 0.416 e. The number of nitrogens with two attached hydrogens (primary N) is 1. The predicted octanol–water partition coefficient (Wildman–Crippen LogP) is 3.11. The second-order valence-corrected chi connectivity index (χ2v) is 6.40. The molecule has 0 atom stereocenters. The Kier molecular flexibility index (Phi) is 4.34. The Bertz CT molecular complexity index is 1250. The van der Waals surface area contributed by atoms with Crippen molar-refractivity contribution in [3.8, 4) is 17.2 Å². The van der Waals surface area contributed by atoms with E-state index in [0.717, 1.165) is 22.8 Å². The van der Waals surface area contributed by atoms with Crippen LogP contribution in [0.3, 0.4) is 0 Å². The SMILES string of the molecule is Nc1c2c(cc(=O)n1-c1ccc(Oc3cccc(C(F)(F)F)c3)cc1)C(=O)NC2=O. The summed E-state index contributed by atoms with van der Waals surface area (Å²) in [4.78, 5) is 36.0. The number of hydrogen-bond acceptors (Lipinski definition) is 5. The highest BCUT2D eigenvalue weighted by Crippen LogP contribution is 2.33. The Balaban J connectivity index is 1.66. The smallest absolute Gasteiger partial charge is 0.416 e. The number of amides is 2. The summed E-state index contributed by atoms with van der Waals surface area (Å²) in [6.07, 6.45) is -4.50. The molecule has 2 heterocycles. The van der Waals surface area contributed by atoms with E-state index in [9.17, 15) is 27.6 Å². The van der Waals surface area contributed by atoms with Gasteiger partial charge < -0.3 is 10.5 Å². The average Bonchev–Trinajstić information content (AvgIpc) is 2.96. The summed E-state index contributed by atoms with van der Waals surface area (Å²) in [5.41, 5.74) is 4.58. The van der Waals surface area contributed by atoms with Gasteiger partial charge in [-0.05, 0) is 42.5 Å². The number of anilines is 1. The third-order valence-corrected chi connectivity index (χ3v) is 4.45. The summed E-state index contributed by atoms with van der Waals surface area (Å²) in [6, 6.07) is 11.2. The first-order valence-electron chi connectivity index (χ1n) is 8.52. The van der Waals surface area contributed by atoms with Crippen LogP contribution in [0.5, 0.6) is 11.5 Å². The molecule has 2 aromatic carbocycles. The topological polar surface area (TPSA) is 103 Å². The van der Waals surface area contributed by atoms with Gasteiger partial charge in [-0.3, -0.25) is 24.3 Å². The van der Waals surface area contributed by atoms with Gasteiger partial charge in [-0.25, -0.2) is 0 Å². The normalized spacial score (nSPS) is 13.2. The van der Waals surface area contributed by atoms with Crippen molar-refractivity contribution < 1.29 is 27.5 Å². The lowest BCUT2D eigenvalue weighted by molar-refractivity contribution is -0.137. The molecule has 1 aliphatic heterocycles. The van der Waals surface area contributed by atoms with Crippen LogP contribution in [0.4, 0.5) is 19.0 Å². The Morgan fingerprint density at radius 3 is 2.27 bits per heavy atom. The second kappa shape index (κ2) is 6.76. The number of alkyl halides is 3. The molecule has 0 aliphatic carbocycles. The molecule has 0 saturated carbocycles. The van der Waals surface area contributed by atoms with Crippen LogP contribution in [0, 0.1) is 0 Å². The minimum Gasteiger partial charge on any atom is -0.457 e. The third kappa shape index (κ3) is 3.28. The minimum atomic E-state index is -4.50. The first kappa shape index (κ1) is 19.2. The number of nitrogen functional groups attached to an aromatic ring is 1. The van der Waals surface area contributed by atoms with E-state index in [1.54, 1.807) is 0 Å². The highest BCUT2D eigenvalue weighted by Gasteiger charge is 2.32. The van der Waals surface area contributed by atoms with Gasteiger partial charge in [0.05, 0.1) is 22.4 Å². The van der Waals surface area contributed by atoms with Crippen LogP contribution in [0.15, 0.2) is 59.4 Å². The summed E-state index contributed by atoms with van der Waals surface area (Å²) >= 11 is 0. The third-order valence-electron chi connectivity index (χ3n) is 4.45. The summed E-state index contributed by atoms with van der Waals surface area (Å²) in [5, 5.41) is 2.07. The van der Waals surface area contributed by atoms with Gasteiger partial charge in [0.2, 0.25) is 0 Å². The number of imide groups is 1. The second-order valence-electron chi connectivity index (χ2n) is 6.40. The van der Waals surface area contributed by atoms with Gasteiger partial charge in [-0.15, -0.1) is 0 Å². The number of halogens is 3. The average molecular weight is 415 g/mol. The maximum absolute atomic E-state index is 12.8. The monoisotopic (exact) mass is 415 g/mol. The number of rotatable bonds is 3. The number of aromatic nitrogens is 1. The molecule has 0 saturated heterocycles. The van der Waals surface area contributed by atoms with Crippen molar-refractivity contribution in [2.45, 2.75) is 6.18 Å². The van der Waals surface area contributed by atoms with E-state index >= 15 is 0 Å². The summed E-state index contributed by atoms with van der Waals surface area (Å²) in [7, 11) is 0. The van der Waals surface area contributed by atoms with E-state index in [-0.39, 0.29) is 34.1 Å². The fourth-order valence-electron chi connectivity index (χ4n) is 3.08. The lowest BCUT2D eigenvalue weighted by Crippen LogP contribution is -2.24. The fourth-order valence-corrected chi connectivity index (χ4v) is 3.08. The van der Waals surface area contributed by atoms with Gasteiger partial charge in [0, 0.05) is 6.07 Å². The number of carbonyl (C=O) groups excluding carboxylic acids is 2. The molecular weight excluding hydrogens is 403 g/mol. The van der Waals surface area contributed by atoms with E-state index < -0.39 is 29.1 Å². The van der Waals surface area contributed by atoms with Crippen LogP contribution in [0.1, 0.15) is 26.3 Å². The number of carbonyl (C=O) groups is 2. The number of nitrogens with one attached hydrogen (secondary N) is 1. The number of pyridine rings is 1. The number of benzene rings is 2. The van der Waals surface area contributed by atoms with Gasteiger partial charge in [0.1, 0.15) is 17.3 Å². The van der Waals surface area contributed by atoms with E-state index in [1.807, 2.05) is 0 Å². The van der Waals surface area contributed by atoms with Gasteiger partial charge >= 0.3 is 6.18 Å². The molecule has 7 nitrogen and oxygen atoms in total. The van der Waals surface area contributed by atoms with E-state index in [2.05, 4.69) is 5.32 Å². The molecule has 4 rings (SSSR count). The van der Waals surface area contributed by atoms with Gasteiger partial charge in [-0.1, -0.05) is 6.07 Å². The first-order chi connectivity index (χ1) is 14.1. The number of nitrogens with zero attached hydrogens (tertiary/aromatic N) is 1. The van der Waals surface area contributed by atoms with Crippen LogP contribution in [-0.4, -0.2) is 16.4 Å². The molecule has 0 bridgehead atoms. The Hall–Kier alpha value is -4.08. The Morgan fingerprint density at radius 2 is 1.60 bits per heavy atom. The molecule has 3 aromatic rings. The number of ether oxygens (including phenoxy) is 1. The number of fused-ring (bicyclic) bond motifs is 1. The van der Waals surface area contributed by atoms with Gasteiger partial charge in [0.25, 0.3) is 17.4 Å². The van der Waals surface area contributed by atoms with Crippen LogP contribution in [0.25, 0.3) is 5.69 Å². The van der Waals surface area contributed by atoms with Crippen molar-refractivity contribution in [1.82, 2.24) is 9.88 Å². The van der Waals surface area contributed by atoms with Gasteiger partial charge in [-0.2, -0.15) is 13.2 Å². The predicted molar refractivity (Wildman–Crippen MR) is 99.8 cm³/mol. The fraction of sp³-hybridized carbons (Fsp3) is 0.0500. The largest absolute Gasteiger partial charge is 0.457 e.